The van der Waals surface area contributed by atoms with E-state index in [1.165, 1.54) is 11.1 Å². The average Bonchev–Trinajstić information content (AvgIpc) is 2.64. The van der Waals surface area contributed by atoms with Crippen molar-refractivity contribution in [3.63, 3.8) is 0 Å². The van der Waals surface area contributed by atoms with Crippen LogP contribution in [0.5, 0.6) is 0 Å². The molecule has 3 nitrogen and oxygen atoms in total. The van der Waals surface area contributed by atoms with Crippen molar-refractivity contribution in [2.75, 3.05) is 12.0 Å². The van der Waals surface area contributed by atoms with Gasteiger partial charge in [0, 0.05) is 29.4 Å². The topological polar surface area (TPSA) is 34.9 Å². The molecular formula is C13H17ClN2OS. The molecule has 0 amide bonds. The van der Waals surface area contributed by atoms with Crippen molar-refractivity contribution in [3.05, 3.63) is 29.1 Å². The summed E-state index contributed by atoms with van der Waals surface area (Å²) in [6.07, 6.45) is 1.72. The molecule has 1 aromatic heterocycles. The lowest BCUT2D eigenvalue weighted by atomic mass is 10.1. The van der Waals surface area contributed by atoms with Gasteiger partial charge in [0.05, 0.1) is 16.9 Å². The molecule has 0 aliphatic rings. The number of hydrogen-bond acceptors (Lipinski definition) is 2. The fraction of sp³-hybridized carbons (Fsp3) is 0.462. The Kier molecular flexibility index (Phi) is 4.07. The van der Waals surface area contributed by atoms with Crippen molar-refractivity contribution in [1.82, 2.24) is 9.55 Å². The first kappa shape index (κ1) is 13.6. The summed E-state index contributed by atoms with van der Waals surface area (Å²) in [7, 11) is -0.805. The number of rotatable bonds is 4. The molecule has 0 N–H and O–H groups in total. The van der Waals surface area contributed by atoms with E-state index in [9.17, 15) is 4.21 Å². The summed E-state index contributed by atoms with van der Waals surface area (Å²) in [5.41, 5.74) is 4.52. The van der Waals surface area contributed by atoms with E-state index >= 15 is 0 Å². The van der Waals surface area contributed by atoms with Gasteiger partial charge in [0.25, 0.3) is 0 Å². The van der Waals surface area contributed by atoms with Gasteiger partial charge in [-0.25, -0.2) is 4.98 Å². The van der Waals surface area contributed by atoms with Gasteiger partial charge in [-0.3, -0.25) is 4.21 Å². The van der Waals surface area contributed by atoms with Gasteiger partial charge in [0.15, 0.2) is 0 Å². The molecule has 0 fully saturated rings. The number of benzene rings is 1. The lowest BCUT2D eigenvalue weighted by Gasteiger charge is -2.07. The van der Waals surface area contributed by atoms with Crippen LogP contribution in [0.1, 0.15) is 17.0 Å². The van der Waals surface area contributed by atoms with Gasteiger partial charge in [0.2, 0.25) is 0 Å². The van der Waals surface area contributed by atoms with Gasteiger partial charge in [-0.1, -0.05) is 0 Å². The van der Waals surface area contributed by atoms with Crippen molar-refractivity contribution >= 4 is 33.4 Å². The number of imidazole rings is 1. The number of hydrogen-bond donors (Lipinski definition) is 0. The number of aryl methyl sites for hydroxylation is 3. The van der Waals surface area contributed by atoms with Crippen LogP contribution in [0.25, 0.3) is 11.0 Å². The van der Waals surface area contributed by atoms with Gasteiger partial charge in [-0.2, -0.15) is 0 Å². The van der Waals surface area contributed by atoms with E-state index in [-0.39, 0.29) is 0 Å². The summed E-state index contributed by atoms with van der Waals surface area (Å²) < 4.78 is 13.3. The Morgan fingerprint density at radius 1 is 1.33 bits per heavy atom. The Hall–Kier alpha value is -0.870. The molecule has 2 aromatic rings. The first-order valence-corrected chi connectivity index (χ1v) is 8.11. The molecule has 1 atom stereocenters. The van der Waals surface area contributed by atoms with E-state index in [2.05, 4.69) is 35.5 Å². The highest BCUT2D eigenvalue weighted by Crippen LogP contribution is 2.21. The lowest BCUT2D eigenvalue weighted by Crippen LogP contribution is -2.09. The standard InChI is InChI=1S/C13H17ClN2OS/c1-9-6-11-12(7-10(9)2)16(4-5-18(3)17)13(8-14)15-11/h6-7H,4-5,8H2,1-3H3. The van der Waals surface area contributed by atoms with E-state index in [1.807, 2.05) is 0 Å². The molecule has 0 saturated heterocycles. The zero-order chi connectivity index (χ0) is 13.3. The molecule has 2 rings (SSSR count). The maximum Gasteiger partial charge on any atom is 0.124 e. The molecule has 1 aromatic carbocycles. The number of nitrogens with zero attached hydrogens (tertiary/aromatic N) is 2. The maximum absolute atomic E-state index is 11.2. The van der Waals surface area contributed by atoms with Gasteiger partial charge >= 0.3 is 0 Å². The van der Waals surface area contributed by atoms with E-state index in [4.69, 9.17) is 11.6 Å². The number of alkyl halides is 1. The van der Waals surface area contributed by atoms with Crippen molar-refractivity contribution < 1.29 is 4.21 Å². The third-order valence-corrected chi connectivity index (χ3v) is 4.16. The molecule has 98 valence electrons. The average molecular weight is 285 g/mol. The zero-order valence-electron chi connectivity index (χ0n) is 10.9. The summed E-state index contributed by atoms with van der Waals surface area (Å²) in [4.78, 5) is 4.54. The third-order valence-electron chi connectivity index (χ3n) is 3.16. The summed E-state index contributed by atoms with van der Waals surface area (Å²) in [5.74, 6) is 1.85. The van der Waals surface area contributed by atoms with Crippen molar-refractivity contribution in [2.24, 2.45) is 0 Å². The SMILES string of the molecule is Cc1cc2nc(CCl)n(CCS(C)=O)c2cc1C. The van der Waals surface area contributed by atoms with E-state index in [0.29, 0.717) is 18.2 Å². The summed E-state index contributed by atoms with van der Waals surface area (Å²) in [5, 5.41) is 0. The Bertz CT molecular complexity index is 607. The smallest absolute Gasteiger partial charge is 0.124 e. The fourth-order valence-electron chi connectivity index (χ4n) is 2.00. The Morgan fingerprint density at radius 2 is 2.00 bits per heavy atom. The zero-order valence-corrected chi connectivity index (χ0v) is 12.4. The second-order valence-corrected chi connectivity index (χ2v) is 6.34. The van der Waals surface area contributed by atoms with Crippen LogP contribution in [-0.4, -0.2) is 25.8 Å². The normalized spacial score (nSPS) is 13.1. The van der Waals surface area contributed by atoms with E-state index < -0.39 is 10.8 Å². The highest BCUT2D eigenvalue weighted by Gasteiger charge is 2.11. The van der Waals surface area contributed by atoms with Crippen LogP contribution >= 0.6 is 11.6 Å². The van der Waals surface area contributed by atoms with Crippen LogP contribution in [0.4, 0.5) is 0 Å². The molecule has 0 radical (unpaired) electrons. The van der Waals surface area contributed by atoms with Crippen LogP contribution in [0, 0.1) is 13.8 Å². The second kappa shape index (κ2) is 5.41. The minimum Gasteiger partial charge on any atom is -0.326 e. The molecule has 0 aliphatic heterocycles. The largest absolute Gasteiger partial charge is 0.326 e. The maximum atomic E-state index is 11.2. The summed E-state index contributed by atoms with van der Waals surface area (Å²) in [6, 6.07) is 4.21. The predicted octanol–water partition coefficient (Wildman–Crippen LogP) is 2.77. The van der Waals surface area contributed by atoms with Crippen LogP contribution in [0.2, 0.25) is 0 Å². The minimum absolute atomic E-state index is 0.378. The van der Waals surface area contributed by atoms with E-state index in [0.717, 1.165) is 16.9 Å². The first-order chi connectivity index (χ1) is 8.52. The third kappa shape index (κ3) is 2.59. The second-order valence-electron chi connectivity index (χ2n) is 4.52. The molecule has 5 heteroatoms. The van der Waals surface area contributed by atoms with Crippen LogP contribution in [-0.2, 0) is 23.2 Å². The van der Waals surface area contributed by atoms with Gasteiger partial charge < -0.3 is 4.57 Å². The van der Waals surface area contributed by atoms with Crippen molar-refractivity contribution in [3.8, 4) is 0 Å². The molecular weight excluding hydrogens is 268 g/mol. The monoisotopic (exact) mass is 284 g/mol. The van der Waals surface area contributed by atoms with Gasteiger partial charge in [-0.15, -0.1) is 11.6 Å². The van der Waals surface area contributed by atoms with Crippen molar-refractivity contribution in [2.45, 2.75) is 26.3 Å². The predicted molar refractivity (Wildman–Crippen MR) is 77.7 cm³/mol. The molecule has 1 unspecified atom stereocenters. The first-order valence-electron chi connectivity index (χ1n) is 5.85. The van der Waals surface area contributed by atoms with Crippen LogP contribution in [0.15, 0.2) is 12.1 Å². The summed E-state index contributed by atoms with van der Waals surface area (Å²) >= 11 is 5.94. The van der Waals surface area contributed by atoms with Crippen LogP contribution < -0.4 is 0 Å². The highest BCUT2D eigenvalue weighted by molar-refractivity contribution is 7.84. The Morgan fingerprint density at radius 3 is 2.61 bits per heavy atom. The molecule has 1 heterocycles. The molecule has 0 aliphatic carbocycles. The quantitative estimate of drug-likeness (QED) is 0.809. The van der Waals surface area contributed by atoms with Crippen LogP contribution in [0.3, 0.4) is 0 Å². The Balaban J connectivity index is 2.53. The lowest BCUT2D eigenvalue weighted by molar-refractivity contribution is 0.676. The molecule has 0 spiro atoms. The van der Waals surface area contributed by atoms with Gasteiger partial charge in [-0.05, 0) is 37.1 Å². The summed E-state index contributed by atoms with van der Waals surface area (Å²) in [6.45, 7) is 4.86. The highest BCUT2D eigenvalue weighted by atomic mass is 35.5. The van der Waals surface area contributed by atoms with Crippen molar-refractivity contribution in [1.29, 1.82) is 0 Å². The molecule has 0 bridgehead atoms. The minimum atomic E-state index is -0.805. The fourth-order valence-corrected chi connectivity index (χ4v) is 2.64. The van der Waals surface area contributed by atoms with E-state index in [1.54, 1.807) is 6.26 Å². The molecule has 0 saturated carbocycles. The number of aromatic nitrogens is 2. The van der Waals surface area contributed by atoms with Gasteiger partial charge in [0.1, 0.15) is 5.82 Å². The number of fused-ring (bicyclic) bond motifs is 1. The molecule has 18 heavy (non-hydrogen) atoms. The number of halogens is 1. The Labute approximate surface area is 115 Å².